The Kier molecular flexibility index (Phi) is 8.60. The molecular weight excluding hydrogens is 604 g/mol. The van der Waals surface area contributed by atoms with E-state index >= 15 is 0 Å². The largest absolute Gasteiger partial charge is 0.449 e. The first-order valence-corrected chi connectivity index (χ1v) is 15.6. The predicted molar refractivity (Wildman–Crippen MR) is 164 cm³/mol. The Morgan fingerprint density at radius 2 is 1.76 bits per heavy atom. The van der Waals surface area contributed by atoms with E-state index in [0.29, 0.717) is 57.1 Å². The molecule has 13 heteroatoms. The van der Waals surface area contributed by atoms with Crippen LogP contribution in [0.15, 0.2) is 48.7 Å². The predicted octanol–water partition coefficient (Wildman–Crippen LogP) is 6.61. The summed E-state index contributed by atoms with van der Waals surface area (Å²) < 4.78 is 63.6. The van der Waals surface area contributed by atoms with E-state index in [9.17, 15) is 27.2 Å². The molecule has 3 aliphatic heterocycles. The molecule has 2 saturated heterocycles. The van der Waals surface area contributed by atoms with Crippen molar-refractivity contribution in [2.75, 3.05) is 42.6 Å². The minimum Gasteiger partial charge on any atom is -0.449 e. The minimum absolute atomic E-state index is 0.0294. The maximum atomic E-state index is 14.7. The highest BCUT2D eigenvalue weighted by atomic mass is 19.4. The van der Waals surface area contributed by atoms with E-state index in [1.54, 1.807) is 20.5 Å². The van der Waals surface area contributed by atoms with Gasteiger partial charge in [-0.05, 0) is 48.9 Å². The van der Waals surface area contributed by atoms with E-state index in [1.807, 2.05) is 37.9 Å². The first kappa shape index (κ1) is 31.7. The zero-order valence-corrected chi connectivity index (χ0v) is 26.1. The Bertz CT molecular complexity index is 1570. The minimum atomic E-state index is -4.59. The number of nitrogens with zero attached hydrogens (tertiary/aromatic N) is 6. The van der Waals surface area contributed by atoms with Gasteiger partial charge in [-0.1, -0.05) is 44.2 Å². The second-order valence-electron chi connectivity index (χ2n) is 12.8. The maximum Gasteiger partial charge on any atom is 0.416 e. The lowest BCUT2D eigenvalue weighted by Crippen LogP contribution is -2.54. The molecule has 0 spiro atoms. The number of carbonyl (C=O) groups is 2. The number of carbonyl (C=O) groups excluding carboxylic acids is 2. The smallest absolute Gasteiger partial charge is 0.416 e. The fourth-order valence-corrected chi connectivity index (χ4v) is 6.50. The zero-order valence-electron chi connectivity index (χ0n) is 26.1. The average molecular weight is 643 g/mol. The third kappa shape index (κ3) is 6.23. The Morgan fingerprint density at radius 1 is 1.04 bits per heavy atom. The number of aryl methyl sites for hydroxylation is 1. The molecule has 46 heavy (non-hydrogen) atoms. The number of benzene rings is 2. The number of alkyl halides is 3. The normalized spacial score (nSPS) is 17.9. The van der Waals surface area contributed by atoms with Crippen molar-refractivity contribution in [3.63, 3.8) is 0 Å². The summed E-state index contributed by atoms with van der Waals surface area (Å²) in [7, 11) is 0. The van der Waals surface area contributed by atoms with Crippen LogP contribution in [0, 0.1) is 18.7 Å². The lowest BCUT2D eigenvalue weighted by molar-refractivity contribution is -0.138. The summed E-state index contributed by atoms with van der Waals surface area (Å²) in [4.78, 5) is 33.1. The van der Waals surface area contributed by atoms with Crippen molar-refractivity contribution in [1.29, 1.82) is 0 Å². The average Bonchev–Trinajstić information content (AvgIpc) is 3.40. The molecule has 0 aliphatic carbocycles. The molecule has 246 valence electrons. The van der Waals surface area contributed by atoms with Crippen molar-refractivity contribution in [3.8, 4) is 0 Å². The fourth-order valence-electron chi connectivity index (χ4n) is 6.50. The highest BCUT2D eigenvalue weighted by Gasteiger charge is 2.42. The van der Waals surface area contributed by atoms with Crippen LogP contribution in [0.3, 0.4) is 0 Å². The molecular formula is C33H38F4N6O3. The Labute approximate surface area is 265 Å². The molecule has 2 fully saturated rings. The Morgan fingerprint density at radius 3 is 2.43 bits per heavy atom. The molecule has 9 nitrogen and oxygen atoms in total. The molecule has 0 N–H and O–H groups in total. The number of halogens is 4. The summed E-state index contributed by atoms with van der Waals surface area (Å²) >= 11 is 0. The molecule has 0 saturated carbocycles. The summed E-state index contributed by atoms with van der Waals surface area (Å²) in [5.74, 6) is 0.240. The molecule has 4 heterocycles. The summed E-state index contributed by atoms with van der Waals surface area (Å²) in [6, 6.07) is 9.47. The fraction of sp³-hybridized carbons (Fsp3) is 0.485. The van der Waals surface area contributed by atoms with Crippen molar-refractivity contribution in [2.45, 2.75) is 65.0 Å². The van der Waals surface area contributed by atoms with Gasteiger partial charge in [0.2, 0.25) is 0 Å². The van der Waals surface area contributed by atoms with E-state index < -0.39 is 23.9 Å². The number of fused-ring (bicyclic) bond motifs is 1. The summed E-state index contributed by atoms with van der Waals surface area (Å²) in [5, 5.41) is 4.70. The van der Waals surface area contributed by atoms with Crippen molar-refractivity contribution < 1.29 is 31.9 Å². The van der Waals surface area contributed by atoms with Crippen LogP contribution in [0.5, 0.6) is 0 Å². The Hall–Kier alpha value is -4.29. The number of para-hydroxylation sites is 1. The number of hydrogen-bond acceptors (Lipinski definition) is 5. The van der Waals surface area contributed by atoms with Gasteiger partial charge in [0.1, 0.15) is 5.82 Å². The van der Waals surface area contributed by atoms with Crippen LogP contribution >= 0.6 is 0 Å². The number of aromatic nitrogens is 2. The Balaban J connectivity index is 1.24. The molecule has 1 aromatic heterocycles. The van der Waals surface area contributed by atoms with E-state index in [4.69, 9.17) is 9.84 Å². The van der Waals surface area contributed by atoms with Gasteiger partial charge < -0.3 is 19.4 Å². The highest BCUT2D eigenvalue weighted by molar-refractivity contribution is 5.94. The summed E-state index contributed by atoms with van der Waals surface area (Å²) in [6.45, 7) is 7.86. The van der Waals surface area contributed by atoms with Crippen molar-refractivity contribution in [1.82, 2.24) is 19.6 Å². The van der Waals surface area contributed by atoms with Crippen LogP contribution in [0.4, 0.5) is 38.7 Å². The molecule has 3 aromatic rings. The van der Waals surface area contributed by atoms with Gasteiger partial charge in [-0.15, -0.1) is 0 Å². The van der Waals surface area contributed by atoms with E-state index in [0.717, 1.165) is 17.2 Å². The molecule has 0 radical (unpaired) electrons. The monoisotopic (exact) mass is 642 g/mol. The molecule has 6 rings (SSSR count). The highest BCUT2D eigenvalue weighted by Crippen LogP contribution is 2.38. The molecule has 3 aliphatic rings. The quantitative estimate of drug-likeness (QED) is 0.271. The zero-order chi connectivity index (χ0) is 32.7. The number of hydrogen-bond donors (Lipinski definition) is 0. The molecule has 3 amide bonds. The first-order valence-electron chi connectivity index (χ1n) is 15.6. The number of amides is 3. The lowest BCUT2D eigenvalue weighted by atomic mass is 10.00. The van der Waals surface area contributed by atoms with E-state index in [-0.39, 0.29) is 42.5 Å². The molecule has 2 aromatic carbocycles. The van der Waals surface area contributed by atoms with Gasteiger partial charge in [-0.2, -0.15) is 18.3 Å². The second-order valence-corrected chi connectivity index (χ2v) is 12.8. The van der Waals surface area contributed by atoms with Crippen LogP contribution < -0.4 is 9.80 Å². The molecule has 0 unspecified atom stereocenters. The van der Waals surface area contributed by atoms with Crippen molar-refractivity contribution in [3.05, 3.63) is 76.7 Å². The SMILES string of the molecule is Cc1cccc(F)c1N1CCC(N2Cc3cn(C4CN(C(=O)OCC(C)C)C4)nc3N(Cc3ccccc3C(F)(F)F)C2=O)CC1. The molecule has 0 atom stereocenters. The van der Waals surface area contributed by atoms with Gasteiger partial charge in [0.25, 0.3) is 0 Å². The van der Waals surface area contributed by atoms with Crippen molar-refractivity contribution in [2.24, 2.45) is 5.92 Å². The third-order valence-electron chi connectivity index (χ3n) is 8.95. The number of urea groups is 1. The topological polar surface area (TPSA) is 74.2 Å². The van der Waals surface area contributed by atoms with Gasteiger partial charge in [0.15, 0.2) is 5.82 Å². The van der Waals surface area contributed by atoms with Crippen LogP contribution in [0.1, 0.15) is 55.0 Å². The van der Waals surface area contributed by atoms with Crippen LogP contribution in [0.25, 0.3) is 0 Å². The van der Waals surface area contributed by atoms with E-state index in [2.05, 4.69) is 0 Å². The standard InChI is InChI=1S/C33H38F4N6O3/c1-21(2)20-46-32(45)40-18-26(19-40)43-17-24-16-41(25-11-13-39(14-12-25)29-22(3)7-6-10-28(29)34)31(44)42(30(24)38-43)15-23-8-4-5-9-27(23)33(35,36)37/h4-10,17,21,25-26H,11-16,18-20H2,1-3H3. The van der Waals surface area contributed by atoms with Gasteiger partial charge in [-0.3, -0.25) is 9.58 Å². The second kappa shape index (κ2) is 12.5. The van der Waals surface area contributed by atoms with E-state index in [1.165, 1.54) is 29.2 Å². The summed E-state index contributed by atoms with van der Waals surface area (Å²) in [5.41, 5.74) is 1.28. The molecule has 0 bridgehead atoms. The lowest BCUT2D eigenvalue weighted by Gasteiger charge is -2.43. The number of likely N-dealkylation sites (tertiary alicyclic amines) is 1. The number of ether oxygens (including phenoxy) is 1. The number of rotatable bonds is 7. The van der Waals surface area contributed by atoms with Gasteiger partial charge in [0, 0.05) is 44.0 Å². The maximum absolute atomic E-state index is 14.7. The first-order chi connectivity index (χ1) is 21.9. The number of anilines is 2. The van der Waals surface area contributed by atoms with Gasteiger partial charge in [0.05, 0.1) is 37.0 Å². The van der Waals surface area contributed by atoms with Crippen LogP contribution in [0.2, 0.25) is 0 Å². The van der Waals surface area contributed by atoms with Gasteiger partial charge >= 0.3 is 18.3 Å². The van der Waals surface area contributed by atoms with Crippen molar-refractivity contribution >= 4 is 23.6 Å². The van der Waals surface area contributed by atoms with Crippen LogP contribution in [-0.2, 0) is 24.0 Å². The third-order valence-corrected chi connectivity index (χ3v) is 8.95. The summed E-state index contributed by atoms with van der Waals surface area (Å²) in [6.07, 6.45) is -2.01. The number of piperidine rings is 1. The van der Waals surface area contributed by atoms with Crippen LogP contribution in [-0.4, -0.2) is 70.5 Å². The van der Waals surface area contributed by atoms with Gasteiger partial charge in [-0.25, -0.2) is 14.0 Å².